The fourth-order valence-electron chi connectivity index (χ4n) is 1.31. The summed E-state index contributed by atoms with van der Waals surface area (Å²) in [5.74, 6) is 0. The van der Waals surface area contributed by atoms with Crippen molar-refractivity contribution in [2.45, 2.75) is 6.42 Å². The molecule has 0 aromatic heterocycles. The summed E-state index contributed by atoms with van der Waals surface area (Å²) in [5.41, 5.74) is 3.13. The molecule has 0 radical (unpaired) electrons. The Balaban J connectivity index is 2.33. The molecule has 1 nitrogen and oxygen atoms in total. The predicted octanol–water partition coefficient (Wildman–Crippen LogP) is 0.846. The maximum absolute atomic E-state index is 3.30. The van der Waals surface area contributed by atoms with E-state index in [1.807, 2.05) is 0 Å². The molecule has 42 valence electrons. The normalized spacial score (nSPS) is 25.0. The van der Waals surface area contributed by atoms with Gasteiger partial charge >= 0.3 is 0 Å². The molecule has 0 aromatic rings. The van der Waals surface area contributed by atoms with Gasteiger partial charge in [-0.3, -0.25) is 0 Å². The summed E-state index contributed by atoms with van der Waals surface area (Å²) in [5, 5.41) is 3.30. The van der Waals surface area contributed by atoms with Crippen LogP contribution in [0.4, 0.5) is 0 Å². The number of hydrogen-bond acceptors (Lipinski definition) is 1. The topological polar surface area (TPSA) is 12.0 Å². The molecule has 0 unspecified atom stereocenters. The van der Waals surface area contributed by atoms with Gasteiger partial charge < -0.3 is 5.32 Å². The first-order valence-electron chi connectivity index (χ1n) is 3.05. The van der Waals surface area contributed by atoms with Gasteiger partial charge in [0.2, 0.25) is 0 Å². The van der Waals surface area contributed by atoms with E-state index in [1.54, 1.807) is 5.57 Å². The lowest BCUT2D eigenvalue weighted by molar-refractivity contribution is 0.856. The van der Waals surface area contributed by atoms with Crippen LogP contribution in [0.5, 0.6) is 0 Å². The molecule has 1 aliphatic heterocycles. The number of nitrogens with one attached hydrogen (secondary N) is 1. The van der Waals surface area contributed by atoms with Crippen LogP contribution >= 0.6 is 0 Å². The van der Waals surface area contributed by atoms with Crippen LogP contribution in [0.1, 0.15) is 6.42 Å². The number of hydrogen-bond donors (Lipinski definition) is 1. The Labute approximate surface area is 49.1 Å². The third-order valence-electron chi connectivity index (χ3n) is 1.79. The van der Waals surface area contributed by atoms with Gasteiger partial charge in [-0.1, -0.05) is 12.2 Å². The molecule has 0 spiro atoms. The number of rotatable bonds is 0. The first-order valence-corrected chi connectivity index (χ1v) is 3.05. The third kappa shape index (κ3) is 0.450. The van der Waals surface area contributed by atoms with Gasteiger partial charge in [-0.15, -0.1) is 0 Å². The molecular formula is C7H9N. The fourth-order valence-corrected chi connectivity index (χ4v) is 1.31. The van der Waals surface area contributed by atoms with Gasteiger partial charge in [0.1, 0.15) is 0 Å². The molecular weight excluding hydrogens is 98.1 g/mol. The van der Waals surface area contributed by atoms with Gasteiger partial charge in [0.05, 0.1) is 0 Å². The quantitative estimate of drug-likeness (QED) is 0.484. The van der Waals surface area contributed by atoms with Crippen LogP contribution in [0.2, 0.25) is 0 Å². The number of allylic oxidation sites excluding steroid dienone is 1. The lowest BCUT2D eigenvalue weighted by Gasteiger charge is -1.89. The smallest absolute Gasteiger partial charge is 0.0208 e. The largest absolute Gasteiger partial charge is 0.309 e. The van der Waals surface area contributed by atoms with E-state index < -0.39 is 0 Å². The van der Waals surface area contributed by atoms with E-state index >= 15 is 0 Å². The van der Waals surface area contributed by atoms with Gasteiger partial charge in [-0.2, -0.15) is 0 Å². The van der Waals surface area contributed by atoms with Crippen LogP contribution in [-0.2, 0) is 0 Å². The van der Waals surface area contributed by atoms with Crippen LogP contribution in [0.3, 0.4) is 0 Å². The van der Waals surface area contributed by atoms with Crippen molar-refractivity contribution in [3.8, 4) is 0 Å². The second kappa shape index (κ2) is 1.46. The van der Waals surface area contributed by atoms with Gasteiger partial charge in [0.25, 0.3) is 0 Å². The van der Waals surface area contributed by atoms with E-state index in [9.17, 15) is 0 Å². The second-order valence-electron chi connectivity index (χ2n) is 2.34. The lowest BCUT2D eigenvalue weighted by atomic mass is 10.2. The summed E-state index contributed by atoms with van der Waals surface area (Å²) in [6.45, 7) is 2.23. The Bertz CT molecular complexity index is 165. The highest BCUT2D eigenvalue weighted by Crippen LogP contribution is 2.20. The summed E-state index contributed by atoms with van der Waals surface area (Å²) < 4.78 is 0. The Morgan fingerprint density at radius 1 is 1.38 bits per heavy atom. The zero-order valence-electron chi connectivity index (χ0n) is 4.78. The maximum Gasteiger partial charge on any atom is 0.0208 e. The molecule has 0 aromatic carbocycles. The van der Waals surface area contributed by atoms with E-state index in [-0.39, 0.29) is 0 Å². The van der Waals surface area contributed by atoms with Crippen molar-refractivity contribution in [2.24, 2.45) is 0 Å². The van der Waals surface area contributed by atoms with Gasteiger partial charge in [-0.25, -0.2) is 0 Å². The molecule has 0 saturated carbocycles. The molecule has 2 rings (SSSR count). The van der Waals surface area contributed by atoms with Crippen LogP contribution in [0.15, 0.2) is 23.3 Å². The standard InChI is InChI=1S/C7H9N/c1-2-6-4-8-5-7(6)3-1/h1-2,8H,3-5H2. The zero-order valence-corrected chi connectivity index (χ0v) is 4.78. The first-order chi connectivity index (χ1) is 3.97. The van der Waals surface area contributed by atoms with Crippen molar-refractivity contribution < 1.29 is 0 Å². The molecule has 0 bridgehead atoms. The molecule has 0 atom stereocenters. The van der Waals surface area contributed by atoms with E-state index in [1.165, 1.54) is 12.0 Å². The SMILES string of the molecule is C1=CC2=C(C1)CNC2. The summed E-state index contributed by atoms with van der Waals surface area (Å²) in [7, 11) is 0. The van der Waals surface area contributed by atoms with Crippen molar-refractivity contribution in [1.82, 2.24) is 5.32 Å². The molecule has 0 fully saturated rings. The summed E-state index contributed by atoms with van der Waals surface area (Å²) >= 11 is 0. The Morgan fingerprint density at radius 3 is 3.25 bits per heavy atom. The Morgan fingerprint density at radius 2 is 2.38 bits per heavy atom. The van der Waals surface area contributed by atoms with E-state index in [4.69, 9.17) is 0 Å². The van der Waals surface area contributed by atoms with Crippen LogP contribution < -0.4 is 5.32 Å². The molecule has 0 amide bonds. The molecule has 1 N–H and O–H groups in total. The minimum atomic E-state index is 1.10. The van der Waals surface area contributed by atoms with Crippen LogP contribution in [0.25, 0.3) is 0 Å². The highest BCUT2D eigenvalue weighted by molar-refractivity contribution is 5.38. The van der Waals surface area contributed by atoms with E-state index in [0.717, 1.165) is 13.1 Å². The van der Waals surface area contributed by atoms with Crippen molar-refractivity contribution in [3.63, 3.8) is 0 Å². The molecule has 1 aliphatic carbocycles. The van der Waals surface area contributed by atoms with E-state index in [0.29, 0.717) is 0 Å². The zero-order chi connectivity index (χ0) is 5.40. The van der Waals surface area contributed by atoms with Gasteiger partial charge in [0, 0.05) is 13.1 Å². The average molecular weight is 107 g/mol. The molecule has 1 heteroatoms. The molecule has 8 heavy (non-hydrogen) atoms. The highest BCUT2D eigenvalue weighted by Gasteiger charge is 2.13. The predicted molar refractivity (Wildman–Crippen MR) is 33.7 cm³/mol. The third-order valence-corrected chi connectivity index (χ3v) is 1.79. The van der Waals surface area contributed by atoms with Crippen molar-refractivity contribution in [1.29, 1.82) is 0 Å². The van der Waals surface area contributed by atoms with Crippen molar-refractivity contribution >= 4 is 0 Å². The van der Waals surface area contributed by atoms with Crippen LogP contribution in [0, 0.1) is 0 Å². The second-order valence-corrected chi connectivity index (χ2v) is 2.34. The van der Waals surface area contributed by atoms with Gasteiger partial charge in [0.15, 0.2) is 0 Å². The molecule has 1 heterocycles. The lowest BCUT2D eigenvalue weighted by Crippen LogP contribution is -2.09. The minimum absolute atomic E-state index is 1.10. The molecule has 2 aliphatic rings. The first kappa shape index (κ1) is 4.33. The van der Waals surface area contributed by atoms with Crippen molar-refractivity contribution in [3.05, 3.63) is 23.3 Å². The average Bonchev–Trinajstić information content (AvgIpc) is 2.15. The summed E-state index contributed by atoms with van der Waals surface area (Å²) in [6, 6.07) is 0. The van der Waals surface area contributed by atoms with Crippen molar-refractivity contribution in [2.75, 3.05) is 13.1 Å². The molecule has 0 saturated heterocycles. The summed E-state index contributed by atoms with van der Waals surface area (Å²) in [4.78, 5) is 0. The maximum atomic E-state index is 3.30. The summed E-state index contributed by atoms with van der Waals surface area (Å²) in [6.07, 6.45) is 5.67. The van der Waals surface area contributed by atoms with Gasteiger partial charge in [-0.05, 0) is 17.6 Å². The monoisotopic (exact) mass is 107 g/mol. The van der Waals surface area contributed by atoms with Crippen LogP contribution in [-0.4, -0.2) is 13.1 Å². The minimum Gasteiger partial charge on any atom is -0.309 e. The fraction of sp³-hybridized carbons (Fsp3) is 0.429. The highest BCUT2D eigenvalue weighted by atomic mass is 14.9. The van der Waals surface area contributed by atoms with E-state index in [2.05, 4.69) is 17.5 Å². The Hall–Kier alpha value is -0.560. The Kier molecular flexibility index (Phi) is 0.788.